The van der Waals surface area contributed by atoms with Gasteiger partial charge in [0.25, 0.3) is 5.12 Å². The zero-order chi connectivity index (χ0) is 8.27. The van der Waals surface area contributed by atoms with Crippen LogP contribution in [0.4, 0.5) is 0 Å². The molecule has 1 N–H and O–H groups in total. The molecule has 0 radical (unpaired) electrons. The molecule has 0 atom stereocenters. The molecule has 0 amide bonds. The number of ketones is 1. The first-order chi connectivity index (χ1) is 5.20. The van der Waals surface area contributed by atoms with Crippen LogP contribution in [-0.2, 0) is 16.0 Å². The van der Waals surface area contributed by atoms with E-state index < -0.39 is 10.9 Å². The topological polar surface area (TPSA) is 75.7 Å². The van der Waals surface area contributed by atoms with Crippen LogP contribution in [0.25, 0.3) is 0 Å². The van der Waals surface area contributed by atoms with E-state index in [-0.39, 0.29) is 6.42 Å². The fourth-order valence-electron chi connectivity index (χ4n) is 0.551. The molecule has 0 saturated heterocycles. The second-order valence-corrected chi connectivity index (χ2v) is 2.27. The van der Waals surface area contributed by atoms with Crippen molar-refractivity contribution in [1.82, 2.24) is 15.4 Å². The van der Waals surface area contributed by atoms with Gasteiger partial charge in [-0.05, 0) is 0 Å². The van der Waals surface area contributed by atoms with Crippen LogP contribution in [0.2, 0.25) is 0 Å². The van der Waals surface area contributed by atoms with Crippen LogP contribution in [-0.4, -0.2) is 26.3 Å². The fourth-order valence-corrected chi connectivity index (χ4v) is 0.630. The number of rotatable bonds is 3. The van der Waals surface area contributed by atoms with Gasteiger partial charge in [-0.15, -0.1) is 0 Å². The SMILES string of the molecule is O=C(S)C(=O)Cc1cn[nH]n1. The van der Waals surface area contributed by atoms with Crippen LogP contribution in [0.5, 0.6) is 0 Å². The van der Waals surface area contributed by atoms with E-state index in [0.717, 1.165) is 0 Å². The summed E-state index contributed by atoms with van der Waals surface area (Å²) in [6, 6.07) is 0. The van der Waals surface area contributed by atoms with Crippen LogP contribution >= 0.6 is 12.6 Å². The van der Waals surface area contributed by atoms with Gasteiger partial charge in [0.05, 0.1) is 18.3 Å². The van der Waals surface area contributed by atoms with E-state index in [9.17, 15) is 9.59 Å². The van der Waals surface area contributed by atoms with Gasteiger partial charge >= 0.3 is 0 Å². The molecule has 0 bridgehead atoms. The fraction of sp³-hybridized carbons (Fsp3) is 0.200. The highest BCUT2D eigenvalue weighted by Gasteiger charge is 2.10. The van der Waals surface area contributed by atoms with Gasteiger partial charge in [0.2, 0.25) is 5.78 Å². The van der Waals surface area contributed by atoms with Gasteiger partial charge in [-0.1, -0.05) is 12.6 Å². The third-order valence-electron chi connectivity index (χ3n) is 1.05. The lowest BCUT2D eigenvalue weighted by atomic mass is 10.2. The highest BCUT2D eigenvalue weighted by molar-refractivity contribution is 7.98. The summed E-state index contributed by atoms with van der Waals surface area (Å²) in [5.74, 6) is -0.581. The predicted octanol–water partition coefficient (Wildman–Crippen LogP) is -0.627. The molecule has 0 aliphatic rings. The quantitative estimate of drug-likeness (QED) is 0.469. The summed E-state index contributed by atoms with van der Waals surface area (Å²) in [5.41, 5.74) is 0.442. The Labute approximate surface area is 67.6 Å². The van der Waals surface area contributed by atoms with E-state index in [1.54, 1.807) is 0 Å². The van der Waals surface area contributed by atoms with E-state index >= 15 is 0 Å². The van der Waals surface area contributed by atoms with Crippen LogP contribution < -0.4 is 0 Å². The van der Waals surface area contributed by atoms with Gasteiger partial charge in [0.15, 0.2) is 0 Å². The van der Waals surface area contributed by atoms with Gasteiger partial charge in [-0.25, -0.2) is 0 Å². The van der Waals surface area contributed by atoms with Gasteiger partial charge in [-0.3, -0.25) is 9.59 Å². The summed E-state index contributed by atoms with van der Waals surface area (Å²) in [7, 11) is 0. The van der Waals surface area contributed by atoms with Crippen LogP contribution in [0.15, 0.2) is 6.20 Å². The number of aromatic nitrogens is 3. The van der Waals surface area contributed by atoms with E-state index in [4.69, 9.17) is 0 Å². The van der Waals surface area contributed by atoms with Crippen molar-refractivity contribution in [3.63, 3.8) is 0 Å². The number of hydrogen-bond acceptors (Lipinski definition) is 4. The van der Waals surface area contributed by atoms with E-state index in [2.05, 4.69) is 28.0 Å². The summed E-state index contributed by atoms with van der Waals surface area (Å²) in [4.78, 5) is 21.0. The molecule has 0 aromatic carbocycles. The zero-order valence-corrected chi connectivity index (χ0v) is 6.34. The molecular weight excluding hydrogens is 166 g/mol. The summed E-state index contributed by atoms with van der Waals surface area (Å²) in [6.45, 7) is 0. The minimum absolute atomic E-state index is 0.0428. The van der Waals surface area contributed by atoms with Gasteiger partial charge < -0.3 is 0 Å². The molecule has 1 heterocycles. The van der Waals surface area contributed by atoms with Crippen molar-refractivity contribution in [1.29, 1.82) is 0 Å². The number of thiol groups is 1. The monoisotopic (exact) mass is 171 g/mol. The molecule has 1 aromatic rings. The van der Waals surface area contributed by atoms with Crippen molar-refractivity contribution in [2.24, 2.45) is 0 Å². The Morgan fingerprint density at radius 3 is 2.82 bits per heavy atom. The van der Waals surface area contributed by atoms with Gasteiger partial charge in [-0.2, -0.15) is 15.4 Å². The van der Waals surface area contributed by atoms with Crippen molar-refractivity contribution < 1.29 is 9.59 Å². The lowest BCUT2D eigenvalue weighted by molar-refractivity contribution is -0.131. The summed E-state index contributed by atoms with van der Waals surface area (Å²) >= 11 is 3.36. The minimum Gasteiger partial charge on any atom is -0.289 e. The maximum absolute atomic E-state index is 10.7. The molecule has 0 aliphatic heterocycles. The number of aromatic amines is 1. The average Bonchev–Trinajstić information content (AvgIpc) is 2.39. The number of hydrogen-bond donors (Lipinski definition) is 2. The van der Waals surface area contributed by atoms with Gasteiger partial charge in [0.1, 0.15) is 0 Å². The van der Waals surface area contributed by atoms with Crippen LogP contribution in [0, 0.1) is 0 Å². The number of nitrogens with zero attached hydrogens (tertiary/aromatic N) is 2. The van der Waals surface area contributed by atoms with Crippen molar-refractivity contribution in [2.75, 3.05) is 0 Å². The van der Waals surface area contributed by atoms with Crippen molar-refractivity contribution >= 4 is 23.5 Å². The second-order valence-electron chi connectivity index (χ2n) is 1.87. The first kappa shape index (κ1) is 7.93. The Morgan fingerprint density at radius 2 is 2.36 bits per heavy atom. The van der Waals surface area contributed by atoms with Crippen molar-refractivity contribution in [3.8, 4) is 0 Å². The maximum atomic E-state index is 10.7. The van der Waals surface area contributed by atoms with Gasteiger partial charge in [0, 0.05) is 0 Å². The Bertz CT molecular complexity index is 269. The second kappa shape index (κ2) is 3.29. The number of Topliss-reactive ketones (excluding diaryl/α,β-unsaturated/α-hetero) is 1. The molecule has 5 nitrogen and oxygen atoms in total. The molecule has 11 heavy (non-hydrogen) atoms. The number of nitrogens with one attached hydrogen (secondary N) is 1. The smallest absolute Gasteiger partial charge is 0.252 e. The summed E-state index contributed by atoms with van der Waals surface area (Å²) in [5, 5.41) is 8.63. The molecule has 0 unspecified atom stereocenters. The van der Waals surface area contributed by atoms with E-state index in [1.165, 1.54) is 6.20 Å². The molecular formula is C5H5N3O2S. The number of carbonyl (C=O) groups excluding carboxylic acids is 2. The van der Waals surface area contributed by atoms with E-state index in [0.29, 0.717) is 5.69 Å². The normalized spacial score (nSPS) is 9.55. The van der Waals surface area contributed by atoms with E-state index in [1.807, 2.05) is 0 Å². The highest BCUT2D eigenvalue weighted by atomic mass is 32.1. The zero-order valence-electron chi connectivity index (χ0n) is 5.44. The molecule has 0 fully saturated rings. The Hall–Kier alpha value is -1.17. The molecule has 1 aromatic heterocycles. The molecule has 0 spiro atoms. The largest absolute Gasteiger partial charge is 0.289 e. The van der Waals surface area contributed by atoms with Crippen molar-refractivity contribution in [2.45, 2.75) is 6.42 Å². The maximum Gasteiger partial charge on any atom is 0.252 e. The highest BCUT2D eigenvalue weighted by Crippen LogP contribution is 1.94. The summed E-state index contributed by atoms with van der Waals surface area (Å²) < 4.78 is 0. The Balaban J connectivity index is 2.57. The van der Waals surface area contributed by atoms with Crippen molar-refractivity contribution in [3.05, 3.63) is 11.9 Å². The lowest BCUT2D eigenvalue weighted by Gasteiger charge is -1.87. The lowest BCUT2D eigenvalue weighted by Crippen LogP contribution is -2.10. The molecule has 0 saturated carbocycles. The third kappa shape index (κ3) is 2.15. The average molecular weight is 171 g/mol. The third-order valence-corrected chi connectivity index (χ3v) is 1.29. The molecule has 1 rings (SSSR count). The van der Waals surface area contributed by atoms with Crippen LogP contribution in [0.1, 0.15) is 5.69 Å². The Kier molecular flexibility index (Phi) is 2.37. The Morgan fingerprint density at radius 1 is 1.64 bits per heavy atom. The first-order valence-electron chi connectivity index (χ1n) is 2.81. The first-order valence-corrected chi connectivity index (χ1v) is 3.25. The molecule has 6 heteroatoms. The molecule has 0 aliphatic carbocycles. The minimum atomic E-state index is -0.756. The molecule has 58 valence electrons. The predicted molar refractivity (Wildman–Crippen MR) is 39.1 cm³/mol. The number of carbonyl (C=O) groups is 2. The number of H-pyrrole nitrogens is 1. The summed E-state index contributed by atoms with van der Waals surface area (Å²) in [6.07, 6.45) is 1.34. The van der Waals surface area contributed by atoms with Crippen LogP contribution in [0.3, 0.4) is 0 Å². The standard InChI is InChI=1S/C5H5N3O2S/c9-4(5(10)11)1-3-2-6-8-7-3/h2H,1H2,(H,10,11)(H,6,7,8).